The lowest BCUT2D eigenvalue weighted by Crippen LogP contribution is -2.41. The number of rotatable bonds is 8. The lowest BCUT2D eigenvalue weighted by Gasteiger charge is -2.22. The molecule has 0 bridgehead atoms. The van der Waals surface area contributed by atoms with Crippen molar-refractivity contribution in [3.05, 3.63) is 59.9 Å². The van der Waals surface area contributed by atoms with Crippen LogP contribution in [0.1, 0.15) is 5.56 Å². The van der Waals surface area contributed by atoms with Crippen molar-refractivity contribution in [1.82, 2.24) is 5.32 Å². The van der Waals surface area contributed by atoms with Crippen LogP contribution >= 0.6 is 0 Å². The molecular weight excluding hydrogens is 359 g/mol. The number of hydrogen-bond acceptors (Lipinski definition) is 4. The van der Waals surface area contributed by atoms with Gasteiger partial charge in [0.2, 0.25) is 15.9 Å². The third-order valence-electron chi connectivity index (χ3n) is 3.56. The molecule has 0 aliphatic rings. The molecule has 2 aromatic rings. The van der Waals surface area contributed by atoms with Crippen LogP contribution in [0.2, 0.25) is 0 Å². The van der Waals surface area contributed by atoms with E-state index in [2.05, 4.69) is 5.32 Å². The Morgan fingerprint density at radius 3 is 2.58 bits per heavy atom. The first-order chi connectivity index (χ1) is 12.3. The van der Waals surface area contributed by atoms with E-state index < -0.39 is 28.3 Å². The molecule has 2 aromatic carbocycles. The summed E-state index contributed by atoms with van der Waals surface area (Å²) < 4.78 is 43.6. The minimum absolute atomic E-state index is 0.0961. The number of carbonyl (C=O) groups excluding carboxylic acids is 1. The fourth-order valence-electron chi connectivity index (χ4n) is 2.29. The molecule has 26 heavy (non-hydrogen) atoms. The number of carbonyl (C=O) groups is 1. The van der Waals surface area contributed by atoms with Gasteiger partial charge in [0.05, 0.1) is 18.5 Å². The van der Waals surface area contributed by atoms with Crippen LogP contribution in [-0.4, -0.2) is 40.3 Å². The predicted molar refractivity (Wildman–Crippen MR) is 98.3 cm³/mol. The van der Waals surface area contributed by atoms with Crippen molar-refractivity contribution in [3.8, 4) is 5.75 Å². The monoisotopic (exact) mass is 380 g/mol. The van der Waals surface area contributed by atoms with Crippen molar-refractivity contribution in [2.75, 3.05) is 30.3 Å². The first-order valence-electron chi connectivity index (χ1n) is 7.96. The summed E-state index contributed by atoms with van der Waals surface area (Å²) in [7, 11) is -3.73. The van der Waals surface area contributed by atoms with Gasteiger partial charge in [0, 0.05) is 0 Å². The Bertz CT molecular complexity index is 871. The van der Waals surface area contributed by atoms with Crippen molar-refractivity contribution in [3.63, 3.8) is 0 Å². The molecule has 1 N–H and O–H groups in total. The molecule has 140 valence electrons. The molecule has 0 saturated heterocycles. The minimum atomic E-state index is -3.73. The van der Waals surface area contributed by atoms with Crippen molar-refractivity contribution in [2.24, 2.45) is 0 Å². The third-order valence-corrected chi connectivity index (χ3v) is 4.70. The highest BCUT2D eigenvalue weighted by Gasteiger charge is 2.21. The van der Waals surface area contributed by atoms with E-state index in [1.54, 1.807) is 0 Å². The number of para-hydroxylation sites is 1. The highest BCUT2D eigenvalue weighted by atomic mass is 32.2. The summed E-state index contributed by atoms with van der Waals surface area (Å²) in [5, 5.41) is 2.60. The summed E-state index contributed by atoms with van der Waals surface area (Å²) in [4.78, 5) is 12.1. The number of amides is 1. The Morgan fingerprint density at radius 2 is 1.92 bits per heavy atom. The molecule has 0 radical (unpaired) electrons. The number of ether oxygens (including phenoxy) is 1. The van der Waals surface area contributed by atoms with Crippen LogP contribution in [0.4, 0.5) is 10.1 Å². The Kier molecular flexibility index (Phi) is 6.57. The molecule has 2 rings (SSSR count). The molecule has 0 aromatic heterocycles. The van der Waals surface area contributed by atoms with E-state index in [9.17, 15) is 17.6 Å². The molecule has 0 saturated carbocycles. The maximum atomic E-state index is 13.4. The second-order valence-corrected chi connectivity index (χ2v) is 7.62. The maximum Gasteiger partial charge on any atom is 0.240 e. The molecule has 1 amide bonds. The number of aryl methyl sites for hydroxylation is 1. The number of anilines is 1. The Balaban J connectivity index is 1.91. The molecule has 6 nitrogen and oxygen atoms in total. The predicted octanol–water partition coefficient (Wildman–Crippen LogP) is 2.10. The van der Waals surface area contributed by atoms with Crippen molar-refractivity contribution in [1.29, 1.82) is 0 Å². The van der Waals surface area contributed by atoms with E-state index >= 15 is 0 Å². The van der Waals surface area contributed by atoms with Gasteiger partial charge < -0.3 is 10.1 Å². The number of hydrogen-bond donors (Lipinski definition) is 1. The lowest BCUT2D eigenvalue weighted by molar-refractivity contribution is -0.119. The third kappa shape index (κ3) is 5.73. The second-order valence-electron chi connectivity index (χ2n) is 5.71. The maximum absolute atomic E-state index is 13.4. The molecular formula is C18H21FN2O4S. The molecule has 0 unspecified atom stereocenters. The van der Waals surface area contributed by atoms with Crippen molar-refractivity contribution >= 4 is 21.6 Å². The van der Waals surface area contributed by atoms with Gasteiger partial charge in [-0.25, -0.2) is 12.8 Å². The van der Waals surface area contributed by atoms with E-state index in [0.717, 1.165) is 27.9 Å². The van der Waals surface area contributed by atoms with Gasteiger partial charge >= 0.3 is 0 Å². The van der Waals surface area contributed by atoms with Gasteiger partial charge in [-0.2, -0.15) is 0 Å². The van der Waals surface area contributed by atoms with Gasteiger partial charge in [-0.1, -0.05) is 24.3 Å². The average Bonchev–Trinajstić information content (AvgIpc) is 2.57. The largest absolute Gasteiger partial charge is 0.491 e. The second kappa shape index (κ2) is 8.66. The van der Waals surface area contributed by atoms with Crippen LogP contribution in [0.25, 0.3) is 0 Å². The molecule has 0 heterocycles. The van der Waals surface area contributed by atoms with Crippen LogP contribution in [0, 0.1) is 12.7 Å². The van der Waals surface area contributed by atoms with Gasteiger partial charge in [-0.15, -0.1) is 0 Å². The molecule has 0 aliphatic carbocycles. The van der Waals surface area contributed by atoms with Gasteiger partial charge in [0.25, 0.3) is 0 Å². The summed E-state index contributed by atoms with van der Waals surface area (Å²) in [6.45, 7) is 1.94. The van der Waals surface area contributed by atoms with E-state index in [4.69, 9.17) is 4.74 Å². The average molecular weight is 380 g/mol. The summed E-state index contributed by atoms with van der Waals surface area (Å²) in [5.74, 6) is -0.365. The highest BCUT2D eigenvalue weighted by Crippen LogP contribution is 2.18. The Labute approximate surface area is 152 Å². The summed E-state index contributed by atoms with van der Waals surface area (Å²) >= 11 is 0. The minimum Gasteiger partial charge on any atom is -0.491 e. The van der Waals surface area contributed by atoms with Crippen LogP contribution < -0.4 is 14.4 Å². The van der Waals surface area contributed by atoms with E-state index in [1.807, 2.05) is 31.2 Å². The molecule has 0 aliphatic heterocycles. The van der Waals surface area contributed by atoms with E-state index in [1.165, 1.54) is 18.2 Å². The summed E-state index contributed by atoms with van der Waals surface area (Å²) in [6.07, 6.45) is 0.965. The van der Waals surface area contributed by atoms with Crippen molar-refractivity contribution < 1.29 is 22.3 Å². The first kappa shape index (κ1) is 19.7. The summed E-state index contributed by atoms with van der Waals surface area (Å²) in [6, 6.07) is 12.6. The molecule has 0 spiro atoms. The Morgan fingerprint density at radius 1 is 1.19 bits per heavy atom. The zero-order valence-electron chi connectivity index (χ0n) is 14.6. The van der Waals surface area contributed by atoms with Gasteiger partial charge in [-0.05, 0) is 36.8 Å². The summed E-state index contributed by atoms with van der Waals surface area (Å²) in [5.41, 5.74) is 1.08. The highest BCUT2D eigenvalue weighted by molar-refractivity contribution is 7.92. The standard InChI is InChI=1S/C18H21FN2O4S/c1-14-6-3-4-9-17(14)25-11-10-20-18(22)13-21(26(2,23)24)16-8-5-7-15(19)12-16/h3-9,12H,10-11,13H2,1-2H3,(H,20,22). The fourth-order valence-corrected chi connectivity index (χ4v) is 3.14. The van der Waals surface area contributed by atoms with Gasteiger partial charge in [0.1, 0.15) is 24.7 Å². The number of sulfonamides is 1. The number of nitrogens with one attached hydrogen (secondary N) is 1. The number of nitrogens with zero attached hydrogens (tertiary/aromatic N) is 1. The fraction of sp³-hybridized carbons (Fsp3) is 0.278. The lowest BCUT2D eigenvalue weighted by atomic mass is 10.2. The van der Waals surface area contributed by atoms with E-state index in [0.29, 0.717) is 0 Å². The first-order valence-corrected chi connectivity index (χ1v) is 9.80. The SMILES string of the molecule is Cc1ccccc1OCCNC(=O)CN(c1cccc(F)c1)S(C)(=O)=O. The van der Waals surface area contributed by atoms with Crippen LogP contribution in [0.5, 0.6) is 5.75 Å². The van der Waals surface area contributed by atoms with Crippen LogP contribution in [-0.2, 0) is 14.8 Å². The normalized spacial score (nSPS) is 11.0. The van der Waals surface area contributed by atoms with Gasteiger partial charge in [-0.3, -0.25) is 9.10 Å². The number of halogens is 1. The van der Waals surface area contributed by atoms with Gasteiger partial charge in [0.15, 0.2) is 0 Å². The zero-order chi connectivity index (χ0) is 19.2. The smallest absolute Gasteiger partial charge is 0.240 e. The molecule has 0 atom stereocenters. The number of benzene rings is 2. The molecule has 8 heteroatoms. The topological polar surface area (TPSA) is 75.7 Å². The Hall–Kier alpha value is -2.61. The van der Waals surface area contributed by atoms with E-state index in [-0.39, 0.29) is 18.8 Å². The zero-order valence-corrected chi connectivity index (χ0v) is 15.4. The van der Waals surface area contributed by atoms with Crippen LogP contribution in [0.15, 0.2) is 48.5 Å². The van der Waals surface area contributed by atoms with Crippen molar-refractivity contribution in [2.45, 2.75) is 6.92 Å². The molecule has 0 fully saturated rings. The van der Waals surface area contributed by atoms with Crippen LogP contribution in [0.3, 0.4) is 0 Å². The quantitative estimate of drug-likeness (QED) is 0.712.